The van der Waals surface area contributed by atoms with Crippen LogP contribution in [-0.2, 0) is 4.74 Å². The number of ether oxygens (including phenoxy) is 1. The Kier molecular flexibility index (Phi) is 4.44. The second kappa shape index (κ2) is 6.50. The van der Waals surface area contributed by atoms with Crippen molar-refractivity contribution in [3.8, 4) is 0 Å². The first-order valence-corrected chi connectivity index (χ1v) is 8.53. The number of esters is 1. The first-order valence-electron chi connectivity index (χ1n) is 7.72. The number of carbonyl (C=O) groups excluding carboxylic acids is 1. The van der Waals surface area contributed by atoms with E-state index in [-0.39, 0.29) is 11.9 Å². The molecule has 118 valence electrons. The number of hydrogen-bond donors (Lipinski definition) is 0. The summed E-state index contributed by atoms with van der Waals surface area (Å²) < 4.78 is 6.27. The van der Waals surface area contributed by atoms with Crippen molar-refractivity contribution in [3.63, 3.8) is 0 Å². The summed E-state index contributed by atoms with van der Waals surface area (Å²) in [6.45, 7) is 6.41. The van der Waals surface area contributed by atoms with E-state index >= 15 is 0 Å². The maximum Gasteiger partial charge on any atom is 0.348 e. The van der Waals surface area contributed by atoms with Crippen LogP contribution in [0.5, 0.6) is 0 Å². The van der Waals surface area contributed by atoms with Crippen molar-refractivity contribution in [2.24, 2.45) is 0 Å². The Morgan fingerprint density at radius 2 is 1.96 bits per heavy atom. The Labute approximate surface area is 139 Å². The Bertz CT molecular complexity index is 839. The molecule has 2 heterocycles. The predicted molar refractivity (Wildman–Crippen MR) is 94.3 cm³/mol. The third-order valence-electron chi connectivity index (χ3n) is 4.13. The van der Waals surface area contributed by atoms with Crippen molar-refractivity contribution in [1.29, 1.82) is 0 Å². The van der Waals surface area contributed by atoms with Gasteiger partial charge < -0.3 is 4.74 Å². The third-order valence-corrected chi connectivity index (χ3v) is 5.38. The number of aryl methyl sites for hydroxylation is 1. The molecule has 3 nitrogen and oxygen atoms in total. The van der Waals surface area contributed by atoms with Gasteiger partial charge in [-0.05, 0) is 60.2 Å². The lowest BCUT2D eigenvalue weighted by Crippen LogP contribution is -2.03. The zero-order valence-corrected chi connectivity index (χ0v) is 14.3. The monoisotopic (exact) mass is 325 g/mol. The van der Waals surface area contributed by atoms with Gasteiger partial charge in [-0.1, -0.05) is 13.0 Å². The van der Waals surface area contributed by atoms with Gasteiger partial charge >= 0.3 is 5.97 Å². The second-order valence-corrected chi connectivity index (χ2v) is 6.59. The number of rotatable bonds is 4. The van der Waals surface area contributed by atoms with Crippen molar-refractivity contribution in [2.75, 3.05) is 6.61 Å². The minimum absolute atomic E-state index is 0.227. The summed E-state index contributed by atoms with van der Waals surface area (Å²) in [5.74, 6) is 0.0580. The van der Waals surface area contributed by atoms with Crippen LogP contribution in [0.3, 0.4) is 0 Å². The number of nitrogens with zero attached hydrogens (tertiary/aromatic N) is 1. The van der Waals surface area contributed by atoms with E-state index < -0.39 is 0 Å². The highest BCUT2D eigenvalue weighted by Gasteiger charge is 2.18. The van der Waals surface area contributed by atoms with E-state index in [9.17, 15) is 4.79 Å². The number of pyridine rings is 1. The summed E-state index contributed by atoms with van der Waals surface area (Å²) in [6, 6.07) is 10.5. The minimum Gasteiger partial charge on any atom is -0.462 e. The normalized spacial score (nSPS) is 12.3. The van der Waals surface area contributed by atoms with Gasteiger partial charge in [0, 0.05) is 23.0 Å². The summed E-state index contributed by atoms with van der Waals surface area (Å²) in [4.78, 5) is 16.8. The van der Waals surface area contributed by atoms with Crippen LogP contribution in [0.4, 0.5) is 0 Å². The van der Waals surface area contributed by atoms with Crippen molar-refractivity contribution in [1.82, 2.24) is 4.98 Å². The smallest absolute Gasteiger partial charge is 0.348 e. The lowest BCUT2D eigenvalue weighted by molar-refractivity contribution is 0.0531. The van der Waals surface area contributed by atoms with Crippen molar-refractivity contribution in [3.05, 3.63) is 64.3 Å². The standard InChI is InChI=1S/C19H19NO2S/c1-4-22-19(21)18-13(3)16-11-15(5-6-17(16)23-18)12(2)14-7-9-20-10-8-14/h5-12H,4H2,1-3H3. The molecule has 0 radical (unpaired) electrons. The highest BCUT2D eigenvalue weighted by atomic mass is 32.1. The van der Waals surface area contributed by atoms with E-state index in [1.807, 2.05) is 38.4 Å². The molecular weight excluding hydrogens is 306 g/mol. The highest BCUT2D eigenvalue weighted by Crippen LogP contribution is 2.34. The van der Waals surface area contributed by atoms with Gasteiger partial charge in [-0.25, -0.2) is 4.79 Å². The zero-order valence-electron chi connectivity index (χ0n) is 13.5. The number of benzene rings is 1. The molecule has 1 atom stereocenters. The fraction of sp³-hybridized carbons (Fsp3) is 0.263. The number of fused-ring (bicyclic) bond motifs is 1. The lowest BCUT2D eigenvalue weighted by Gasteiger charge is -2.12. The fourth-order valence-corrected chi connectivity index (χ4v) is 3.83. The van der Waals surface area contributed by atoms with Gasteiger partial charge in [0.1, 0.15) is 4.88 Å². The van der Waals surface area contributed by atoms with Crippen LogP contribution < -0.4 is 0 Å². The topological polar surface area (TPSA) is 39.2 Å². The van der Waals surface area contributed by atoms with E-state index in [0.717, 1.165) is 15.6 Å². The van der Waals surface area contributed by atoms with Gasteiger partial charge in [0.05, 0.1) is 6.61 Å². The Morgan fingerprint density at radius 3 is 2.65 bits per heavy atom. The molecule has 0 saturated heterocycles. The van der Waals surface area contributed by atoms with Crippen LogP contribution in [0.2, 0.25) is 0 Å². The Balaban J connectivity index is 2.02. The maximum absolute atomic E-state index is 12.1. The molecule has 4 heteroatoms. The molecule has 0 saturated carbocycles. The zero-order chi connectivity index (χ0) is 16.4. The van der Waals surface area contributed by atoms with Crippen LogP contribution in [0.15, 0.2) is 42.7 Å². The van der Waals surface area contributed by atoms with Gasteiger partial charge in [-0.3, -0.25) is 4.98 Å². The number of carbonyl (C=O) groups is 1. The van der Waals surface area contributed by atoms with Crippen molar-refractivity contribution in [2.45, 2.75) is 26.7 Å². The summed E-state index contributed by atoms with van der Waals surface area (Å²) in [6.07, 6.45) is 3.64. The summed E-state index contributed by atoms with van der Waals surface area (Å²) in [7, 11) is 0. The van der Waals surface area contributed by atoms with E-state index in [1.54, 1.807) is 0 Å². The molecule has 0 fully saturated rings. The van der Waals surface area contributed by atoms with Crippen LogP contribution in [-0.4, -0.2) is 17.6 Å². The van der Waals surface area contributed by atoms with E-state index in [1.165, 1.54) is 22.5 Å². The number of aromatic nitrogens is 1. The molecule has 2 aromatic heterocycles. The minimum atomic E-state index is -0.227. The third kappa shape index (κ3) is 2.99. The molecule has 0 aliphatic heterocycles. The van der Waals surface area contributed by atoms with E-state index in [4.69, 9.17) is 4.74 Å². The van der Waals surface area contributed by atoms with Crippen molar-refractivity contribution < 1.29 is 9.53 Å². The summed E-state index contributed by atoms with van der Waals surface area (Å²) in [5.41, 5.74) is 3.48. The van der Waals surface area contributed by atoms with Crippen LogP contribution in [0.25, 0.3) is 10.1 Å². The predicted octanol–water partition coefficient (Wildman–Crippen LogP) is 4.93. The van der Waals surface area contributed by atoms with Gasteiger partial charge in [0.2, 0.25) is 0 Å². The second-order valence-electron chi connectivity index (χ2n) is 5.53. The molecule has 1 aromatic carbocycles. The van der Waals surface area contributed by atoms with Gasteiger partial charge in [-0.2, -0.15) is 0 Å². The summed E-state index contributed by atoms with van der Waals surface area (Å²) >= 11 is 1.50. The lowest BCUT2D eigenvalue weighted by atomic mass is 9.93. The van der Waals surface area contributed by atoms with Crippen LogP contribution in [0, 0.1) is 6.92 Å². The molecule has 1 unspecified atom stereocenters. The molecular formula is C19H19NO2S. The first-order chi connectivity index (χ1) is 11.1. The van der Waals surface area contributed by atoms with Gasteiger partial charge in [0.25, 0.3) is 0 Å². The average molecular weight is 325 g/mol. The van der Waals surface area contributed by atoms with Gasteiger partial charge in [0.15, 0.2) is 0 Å². The van der Waals surface area contributed by atoms with Crippen LogP contribution in [0.1, 0.15) is 46.1 Å². The molecule has 23 heavy (non-hydrogen) atoms. The SMILES string of the molecule is CCOC(=O)c1sc2ccc(C(C)c3ccncc3)cc2c1C. The van der Waals surface area contributed by atoms with Crippen LogP contribution >= 0.6 is 11.3 Å². The first kappa shape index (κ1) is 15.7. The van der Waals surface area contributed by atoms with Crippen molar-refractivity contribution >= 4 is 27.4 Å². The number of thiophene rings is 1. The average Bonchev–Trinajstić information content (AvgIpc) is 2.92. The number of hydrogen-bond acceptors (Lipinski definition) is 4. The molecule has 0 spiro atoms. The Hall–Kier alpha value is -2.20. The molecule has 0 aliphatic carbocycles. The molecule has 0 amide bonds. The Morgan fingerprint density at radius 1 is 1.22 bits per heavy atom. The molecule has 0 bridgehead atoms. The molecule has 0 N–H and O–H groups in total. The molecule has 0 aliphatic rings. The van der Waals surface area contributed by atoms with E-state index in [2.05, 4.69) is 30.1 Å². The fourth-order valence-electron chi connectivity index (χ4n) is 2.74. The summed E-state index contributed by atoms with van der Waals surface area (Å²) in [5, 5.41) is 1.14. The largest absolute Gasteiger partial charge is 0.462 e. The van der Waals surface area contributed by atoms with E-state index in [0.29, 0.717) is 11.5 Å². The maximum atomic E-state index is 12.1. The quantitative estimate of drug-likeness (QED) is 0.638. The molecule has 3 rings (SSSR count). The van der Waals surface area contributed by atoms with Gasteiger partial charge in [-0.15, -0.1) is 11.3 Å². The molecule has 3 aromatic rings. The highest BCUT2D eigenvalue weighted by molar-refractivity contribution is 7.21.